The van der Waals surface area contributed by atoms with Crippen molar-refractivity contribution < 1.29 is 42.7 Å². The maximum absolute atomic E-state index is 12.7. The minimum absolute atomic E-state index is 0.0228. The minimum Gasteiger partial charge on any atom is -0.480 e. The Hall–Kier alpha value is -1.29. The highest BCUT2D eigenvalue weighted by atomic mass is 31.2. The second-order valence-corrected chi connectivity index (χ2v) is 19.1. The molecule has 0 heterocycles. The normalized spacial score (nSPS) is 13.8. The van der Waals surface area contributed by atoms with E-state index < -0.39 is 45.1 Å². The van der Waals surface area contributed by atoms with Crippen LogP contribution in [0.4, 0.5) is 0 Å². The lowest BCUT2D eigenvalue weighted by atomic mass is 10.0. The van der Waals surface area contributed by atoms with Crippen LogP contribution in [-0.2, 0) is 32.7 Å². The topological polar surface area (TPSA) is 155 Å². The molecule has 0 aliphatic heterocycles. The van der Waals surface area contributed by atoms with Crippen LogP contribution in [0.3, 0.4) is 0 Å². The fraction of sp³-hybridized carbons (Fsp3) is 0.920. The number of carboxylic acid groups (broad SMARTS) is 1. The van der Waals surface area contributed by atoms with Crippen molar-refractivity contribution in [1.82, 2.24) is 0 Å². The number of allylic oxidation sites excluding steroid dienone is 2. The molecule has 4 N–H and O–H groups in total. The van der Waals surface area contributed by atoms with Gasteiger partial charge in [0.2, 0.25) is 0 Å². The largest absolute Gasteiger partial charge is 0.480 e. The predicted octanol–water partition coefficient (Wildman–Crippen LogP) is 14.9. The average Bonchev–Trinajstić information content (AvgIpc) is 3.24. The van der Waals surface area contributed by atoms with Crippen LogP contribution in [0.15, 0.2) is 12.2 Å². The van der Waals surface area contributed by atoms with Crippen LogP contribution >= 0.6 is 7.82 Å². The average molecular weight is 888 g/mol. The number of carbonyl (C=O) groups excluding carboxylic acids is 1. The lowest BCUT2D eigenvalue weighted by Crippen LogP contribution is -2.34. The molecule has 3 unspecified atom stereocenters. The first-order valence-corrected chi connectivity index (χ1v) is 27.2. The number of hydrogen-bond acceptors (Lipinski definition) is 8. The Labute approximate surface area is 375 Å². The molecule has 0 amide bonds. The van der Waals surface area contributed by atoms with E-state index in [-0.39, 0.29) is 13.0 Å². The number of carboxylic acids is 1. The smallest absolute Gasteiger partial charge is 0.472 e. The SMILES string of the molecule is CCCCCCCCCC/C=C\CCCCCCCCCCCC(=O)OC(COCCCCCCCCCCCCCCCCCCCC)COP(=O)(O)OCC(N)C(=O)O. The Morgan fingerprint density at radius 3 is 1.25 bits per heavy atom. The molecule has 0 radical (unpaired) electrons. The maximum Gasteiger partial charge on any atom is 0.472 e. The van der Waals surface area contributed by atoms with Crippen molar-refractivity contribution in [3.05, 3.63) is 12.2 Å². The standard InChI is InChI=1S/C50H98NO9P/c1-3-5-7-9-11-13-15-17-19-21-23-24-25-26-28-30-32-34-36-38-40-42-49(52)60-47(45-58-61(55,56)59-46-48(51)50(53)54)44-57-43-41-39-37-35-33-31-29-27-22-20-18-16-14-12-10-8-6-4-2/h21,23,47-48H,3-20,22,24-46,51H2,1-2H3,(H,53,54)(H,55,56)/b23-21-. The fourth-order valence-corrected chi connectivity index (χ4v) is 8.32. The third-order valence-electron chi connectivity index (χ3n) is 11.5. The van der Waals surface area contributed by atoms with Crippen LogP contribution in [0.1, 0.15) is 258 Å². The molecule has 0 bridgehead atoms. The highest BCUT2D eigenvalue weighted by molar-refractivity contribution is 7.47. The van der Waals surface area contributed by atoms with Gasteiger partial charge in [-0.3, -0.25) is 18.6 Å². The van der Waals surface area contributed by atoms with Gasteiger partial charge in [-0.1, -0.05) is 225 Å². The molecule has 362 valence electrons. The first kappa shape index (κ1) is 59.7. The van der Waals surface area contributed by atoms with E-state index >= 15 is 0 Å². The van der Waals surface area contributed by atoms with E-state index in [4.69, 9.17) is 29.4 Å². The molecular formula is C50H98NO9P. The molecule has 3 atom stereocenters. The second kappa shape index (κ2) is 46.7. The van der Waals surface area contributed by atoms with E-state index in [0.29, 0.717) is 13.0 Å². The van der Waals surface area contributed by atoms with Gasteiger partial charge in [0.25, 0.3) is 0 Å². The van der Waals surface area contributed by atoms with Gasteiger partial charge in [-0.2, -0.15) is 0 Å². The molecule has 61 heavy (non-hydrogen) atoms. The van der Waals surface area contributed by atoms with E-state index in [1.807, 2.05) is 0 Å². The predicted molar refractivity (Wildman–Crippen MR) is 254 cm³/mol. The van der Waals surface area contributed by atoms with Gasteiger partial charge in [0.05, 0.1) is 19.8 Å². The summed E-state index contributed by atoms with van der Waals surface area (Å²) in [6.45, 7) is 3.94. The fourth-order valence-electron chi connectivity index (χ4n) is 7.54. The number of esters is 1. The third kappa shape index (κ3) is 46.5. The number of phosphoric ester groups is 1. The highest BCUT2D eigenvalue weighted by Gasteiger charge is 2.27. The first-order chi connectivity index (χ1) is 29.7. The number of nitrogens with two attached hydrogens (primary N) is 1. The number of aliphatic carboxylic acids is 1. The van der Waals surface area contributed by atoms with E-state index in [1.165, 1.54) is 193 Å². The summed E-state index contributed by atoms with van der Waals surface area (Å²) in [5.41, 5.74) is 5.37. The van der Waals surface area contributed by atoms with E-state index in [1.54, 1.807) is 0 Å². The summed E-state index contributed by atoms with van der Waals surface area (Å²) in [6, 6.07) is -1.47. The van der Waals surface area contributed by atoms with Gasteiger partial charge in [0.1, 0.15) is 12.1 Å². The van der Waals surface area contributed by atoms with Crippen molar-refractivity contribution >= 4 is 19.8 Å². The number of carbonyl (C=O) groups is 2. The number of rotatable bonds is 50. The van der Waals surface area contributed by atoms with Gasteiger partial charge in [-0.05, 0) is 38.5 Å². The van der Waals surface area contributed by atoms with Crippen LogP contribution in [0.5, 0.6) is 0 Å². The summed E-state index contributed by atoms with van der Waals surface area (Å²) in [5, 5.41) is 8.93. The van der Waals surface area contributed by atoms with Crippen molar-refractivity contribution in [3.63, 3.8) is 0 Å². The lowest BCUT2D eigenvalue weighted by Gasteiger charge is -2.20. The molecule has 0 aromatic rings. The molecule has 10 nitrogen and oxygen atoms in total. The highest BCUT2D eigenvalue weighted by Crippen LogP contribution is 2.43. The van der Waals surface area contributed by atoms with E-state index in [0.717, 1.165) is 38.5 Å². The molecule has 0 aromatic heterocycles. The molecule has 0 fully saturated rings. The lowest BCUT2D eigenvalue weighted by molar-refractivity contribution is -0.154. The minimum atomic E-state index is -4.62. The van der Waals surface area contributed by atoms with E-state index in [9.17, 15) is 19.0 Å². The molecule has 0 aliphatic rings. The number of ether oxygens (including phenoxy) is 2. The van der Waals surface area contributed by atoms with Crippen molar-refractivity contribution in [3.8, 4) is 0 Å². The van der Waals surface area contributed by atoms with Crippen molar-refractivity contribution in [2.45, 2.75) is 270 Å². The van der Waals surface area contributed by atoms with Gasteiger partial charge in [-0.25, -0.2) is 4.57 Å². The molecule has 0 saturated carbocycles. The summed E-state index contributed by atoms with van der Waals surface area (Å²) in [6.07, 6.45) is 51.2. The number of hydrogen-bond donors (Lipinski definition) is 3. The Kier molecular flexibility index (Phi) is 45.7. The summed E-state index contributed by atoms with van der Waals surface area (Å²) < 4.78 is 33.5. The molecule has 0 rings (SSSR count). The quantitative estimate of drug-likeness (QED) is 0.0233. The van der Waals surface area contributed by atoms with Gasteiger partial charge in [-0.15, -0.1) is 0 Å². The summed E-state index contributed by atoms with van der Waals surface area (Å²) in [4.78, 5) is 33.7. The molecule has 0 aromatic carbocycles. The number of unbranched alkanes of at least 4 members (excludes halogenated alkanes) is 34. The monoisotopic (exact) mass is 888 g/mol. The van der Waals surface area contributed by atoms with Crippen LogP contribution in [0.25, 0.3) is 0 Å². The Morgan fingerprint density at radius 1 is 0.508 bits per heavy atom. The van der Waals surface area contributed by atoms with Crippen molar-refractivity contribution in [2.75, 3.05) is 26.4 Å². The zero-order chi connectivity index (χ0) is 44.8. The Morgan fingerprint density at radius 2 is 0.852 bits per heavy atom. The van der Waals surface area contributed by atoms with Crippen molar-refractivity contribution in [1.29, 1.82) is 0 Å². The van der Waals surface area contributed by atoms with Crippen LogP contribution in [0, 0.1) is 0 Å². The second-order valence-electron chi connectivity index (χ2n) is 17.7. The molecule has 11 heteroatoms. The third-order valence-corrected chi connectivity index (χ3v) is 12.5. The maximum atomic E-state index is 12.7. The number of phosphoric acid groups is 1. The zero-order valence-electron chi connectivity index (χ0n) is 39.8. The van der Waals surface area contributed by atoms with Gasteiger partial charge in [0, 0.05) is 13.0 Å². The van der Waals surface area contributed by atoms with Gasteiger partial charge >= 0.3 is 19.8 Å². The van der Waals surface area contributed by atoms with Crippen LogP contribution in [0.2, 0.25) is 0 Å². The Balaban J connectivity index is 4.10. The molecule has 0 aliphatic carbocycles. The summed E-state index contributed by atoms with van der Waals surface area (Å²) in [7, 11) is -4.62. The molecule has 0 spiro atoms. The Bertz CT molecular complexity index is 1030. The van der Waals surface area contributed by atoms with Gasteiger partial charge < -0.3 is 25.2 Å². The van der Waals surface area contributed by atoms with Crippen LogP contribution in [-0.4, -0.2) is 60.5 Å². The van der Waals surface area contributed by atoms with Crippen molar-refractivity contribution in [2.24, 2.45) is 5.73 Å². The van der Waals surface area contributed by atoms with E-state index in [2.05, 4.69) is 26.0 Å². The molecular weight excluding hydrogens is 790 g/mol. The van der Waals surface area contributed by atoms with Crippen LogP contribution < -0.4 is 5.73 Å². The first-order valence-electron chi connectivity index (χ1n) is 25.7. The summed E-state index contributed by atoms with van der Waals surface area (Å²) >= 11 is 0. The molecule has 0 saturated heterocycles. The summed E-state index contributed by atoms with van der Waals surface area (Å²) in [5.74, 6) is -1.77. The van der Waals surface area contributed by atoms with Gasteiger partial charge in [0.15, 0.2) is 0 Å². The zero-order valence-corrected chi connectivity index (χ0v) is 40.7.